The van der Waals surface area contributed by atoms with Crippen molar-refractivity contribution < 1.29 is 9.90 Å². The number of carboxylic acid groups (broad SMARTS) is 1. The molecule has 4 N–H and O–H groups in total. The van der Waals surface area contributed by atoms with Crippen LogP contribution >= 0.6 is 0 Å². The number of hydrogen-bond donors (Lipinski definition) is 3. The Morgan fingerprint density at radius 3 is 2.77 bits per heavy atom. The summed E-state index contributed by atoms with van der Waals surface area (Å²) in [5.41, 5.74) is 12.0. The van der Waals surface area contributed by atoms with Gasteiger partial charge in [-0.25, -0.2) is 4.98 Å². The Balaban J connectivity index is 0.000000628. The molecule has 8 heteroatoms. The van der Waals surface area contributed by atoms with Crippen molar-refractivity contribution in [2.45, 2.75) is 66.5 Å². The topological polar surface area (TPSA) is 130 Å². The first-order chi connectivity index (χ1) is 14.6. The monoisotopic (exact) mass is 424 g/mol. The fourth-order valence-corrected chi connectivity index (χ4v) is 4.40. The number of nitrogens with one attached hydrogen (secondary N) is 1. The van der Waals surface area contributed by atoms with E-state index in [0.717, 1.165) is 69.2 Å². The second-order valence-electron chi connectivity index (χ2n) is 9.38. The minimum Gasteiger partial charge on any atom is -0.481 e. The Morgan fingerprint density at radius 1 is 1.42 bits per heavy atom. The zero-order valence-corrected chi connectivity index (χ0v) is 18.8. The van der Waals surface area contributed by atoms with Crippen LogP contribution in [0.1, 0.15) is 63.1 Å². The van der Waals surface area contributed by atoms with Crippen LogP contribution in [0.25, 0.3) is 11.3 Å². The highest BCUT2D eigenvalue weighted by molar-refractivity contribution is 5.77. The van der Waals surface area contributed by atoms with Gasteiger partial charge in [0, 0.05) is 31.3 Å². The summed E-state index contributed by atoms with van der Waals surface area (Å²) in [6.45, 7) is 10.7. The summed E-state index contributed by atoms with van der Waals surface area (Å²) < 4.78 is 2.07. The third-order valence-electron chi connectivity index (χ3n) is 6.08. The average Bonchev–Trinajstić information content (AvgIpc) is 2.95. The second kappa shape index (κ2) is 9.06. The van der Waals surface area contributed by atoms with Gasteiger partial charge in [-0.1, -0.05) is 20.8 Å². The molecule has 0 aromatic carbocycles. The van der Waals surface area contributed by atoms with E-state index in [-0.39, 0.29) is 5.41 Å². The highest BCUT2D eigenvalue weighted by atomic mass is 16.4. The summed E-state index contributed by atoms with van der Waals surface area (Å²) in [5, 5.41) is 25.5. The highest BCUT2D eigenvalue weighted by Gasteiger charge is 2.33. The van der Waals surface area contributed by atoms with Gasteiger partial charge in [0.15, 0.2) is 0 Å². The molecule has 1 aliphatic heterocycles. The van der Waals surface area contributed by atoms with E-state index in [1.165, 1.54) is 11.3 Å². The maximum Gasteiger partial charge on any atom is 0.300 e. The van der Waals surface area contributed by atoms with Gasteiger partial charge in [0.2, 0.25) is 0 Å². The maximum absolute atomic E-state index is 9.82. The maximum atomic E-state index is 9.82. The Hall–Kier alpha value is -2.92. The van der Waals surface area contributed by atoms with Crippen LogP contribution in [0, 0.1) is 22.7 Å². The molecule has 8 nitrogen and oxygen atoms in total. The molecular weight excluding hydrogens is 392 g/mol. The van der Waals surface area contributed by atoms with Crippen LogP contribution in [0.5, 0.6) is 0 Å². The molecule has 166 valence electrons. The lowest BCUT2D eigenvalue weighted by molar-refractivity contribution is -0.134. The molecule has 0 saturated carbocycles. The first kappa shape index (κ1) is 22.8. The van der Waals surface area contributed by atoms with Gasteiger partial charge in [0.25, 0.3) is 5.97 Å². The fourth-order valence-electron chi connectivity index (χ4n) is 4.40. The average molecular weight is 425 g/mol. The smallest absolute Gasteiger partial charge is 0.300 e. The fraction of sp³-hybridized carbons (Fsp3) is 0.565. The van der Waals surface area contributed by atoms with Crippen LogP contribution in [0.4, 0.5) is 5.82 Å². The Bertz CT molecular complexity index is 985. The van der Waals surface area contributed by atoms with Gasteiger partial charge in [-0.3, -0.25) is 9.48 Å². The molecule has 0 amide bonds. The van der Waals surface area contributed by atoms with Gasteiger partial charge in [0.05, 0.1) is 11.4 Å². The first-order valence-corrected chi connectivity index (χ1v) is 10.8. The number of anilines is 1. The molecule has 1 unspecified atom stereocenters. The van der Waals surface area contributed by atoms with Crippen LogP contribution in [0.3, 0.4) is 0 Å². The summed E-state index contributed by atoms with van der Waals surface area (Å²) >= 11 is 0. The predicted molar refractivity (Wildman–Crippen MR) is 119 cm³/mol. The standard InChI is InChI=1S/C21H28N6.C2H4O2/c1-21(2,3)13-5-6-17-15(9-13)19(16(11-22)20(23)25-17)18-10-14-12-24-7-4-8-27(14)26-18;1-2(3)4/h10,13,24H,4-9,12H2,1-3H3,(H2,23,25);1H3,(H,3,4). The minimum absolute atomic E-state index is 0.221. The van der Waals surface area contributed by atoms with Crippen molar-refractivity contribution in [2.75, 3.05) is 12.3 Å². The highest BCUT2D eigenvalue weighted by Crippen LogP contribution is 2.42. The van der Waals surface area contributed by atoms with Gasteiger partial charge in [-0.2, -0.15) is 10.4 Å². The van der Waals surface area contributed by atoms with E-state index in [1.807, 2.05) is 0 Å². The number of nitrogens with zero attached hydrogens (tertiary/aromatic N) is 4. The van der Waals surface area contributed by atoms with Gasteiger partial charge < -0.3 is 16.2 Å². The Kier molecular flexibility index (Phi) is 6.65. The third-order valence-corrected chi connectivity index (χ3v) is 6.08. The number of nitriles is 1. The van der Waals surface area contributed by atoms with Crippen molar-refractivity contribution in [3.05, 3.63) is 28.6 Å². The van der Waals surface area contributed by atoms with Crippen LogP contribution < -0.4 is 11.1 Å². The van der Waals surface area contributed by atoms with Gasteiger partial charge in [-0.05, 0) is 55.2 Å². The number of nitrogen functional groups attached to an aromatic ring is 1. The van der Waals surface area contributed by atoms with E-state index in [2.05, 4.69) is 47.9 Å². The number of aryl methyl sites for hydroxylation is 2. The summed E-state index contributed by atoms with van der Waals surface area (Å²) in [4.78, 5) is 13.6. The number of nitrogens with two attached hydrogens (primary N) is 1. The molecule has 31 heavy (non-hydrogen) atoms. The van der Waals surface area contributed by atoms with E-state index < -0.39 is 5.97 Å². The number of aromatic nitrogens is 3. The summed E-state index contributed by atoms with van der Waals surface area (Å²) in [7, 11) is 0. The van der Waals surface area contributed by atoms with Gasteiger partial charge in [0.1, 0.15) is 17.5 Å². The normalized spacial score (nSPS) is 18.0. The molecule has 3 heterocycles. The molecular formula is C23H32N6O2. The van der Waals surface area contributed by atoms with Crippen LogP contribution in [-0.2, 0) is 30.7 Å². The lowest BCUT2D eigenvalue weighted by atomic mass is 9.70. The number of rotatable bonds is 1. The SMILES string of the molecule is CC(=O)O.CC(C)(C)C1CCc2nc(N)c(C#N)c(-c3cc4n(n3)CCCNC4)c2C1. The predicted octanol–water partition coefficient (Wildman–Crippen LogP) is 3.13. The zero-order valence-electron chi connectivity index (χ0n) is 18.8. The molecule has 0 radical (unpaired) electrons. The van der Waals surface area contributed by atoms with Crippen LogP contribution in [0.2, 0.25) is 0 Å². The van der Waals surface area contributed by atoms with E-state index >= 15 is 0 Å². The Labute approximate surface area is 183 Å². The van der Waals surface area contributed by atoms with Crippen LogP contribution in [-0.4, -0.2) is 32.4 Å². The Morgan fingerprint density at radius 2 is 2.13 bits per heavy atom. The van der Waals surface area contributed by atoms with Crippen molar-refractivity contribution in [3.63, 3.8) is 0 Å². The molecule has 2 aliphatic rings. The number of hydrogen-bond acceptors (Lipinski definition) is 6. The molecule has 0 fully saturated rings. The molecule has 1 atom stereocenters. The number of pyridine rings is 1. The van der Waals surface area contributed by atoms with E-state index in [4.69, 9.17) is 20.7 Å². The molecule has 0 bridgehead atoms. The van der Waals surface area contributed by atoms with Gasteiger partial charge >= 0.3 is 0 Å². The molecule has 0 spiro atoms. The zero-order chi connectivity index (χ0) is 22.8. The first-order valence-electron chi connectivity index (χ1n) is 10.8. The van der Waals surface area contributed by atoms with Crippen molar-refractivity contribution in [1.82, 2.24) is 20.1 Å². The third kappa shape index (κ3) is 5.05. The number of fused-ring (bicyclic) bond motifs is 2. The molecule has 1 aliphatic carbocycles. The number of aliphatic carboxylic acids is 1. The quantitative estimate of drug-likeness (QED) is 0.641. The lowest BCUT2D eigenvalue weighted by Gasteiger charge is -2.35. The van der Waals surface area contributed by atoms with E-state index in [0.29, 0.717) is 17.3 Å². The molecule has 0 saturated heterocycles. The summed E-state index contributed by atoms with van der Waals surface area (Å²) in [6.07, 6.45) is 4.01. The molecule has 2 aromatic heterocycles. The lowest BCUT2D eigenvalue weighted by Crippen LogP contribution is -2.28. The number of carboxylic acids is 1. The number of carbonyl (C=O) groups is 1. The van der Waals surface area contributed by atoms with Crippen molar-refractivity contribution >= 4 is 11.8 Å². The van der Waals surface area contributed by atoms with Crippen molar-refractivity contribution in [1.29, 1.82) is 5.26 Å². The second-order valence-corrected chi connectivity index (χ2v) is 9.38. The largest absolute Gasteiger partial charge is 0.481 e. The van der Waals surface area contributed by atoms with Crippen LogP contribution in [0.15, 0.2) is 6.07 Å². The van der Waals surface area contributed by atoms with E-state index in [9.17, 15) is 5.26 Å². The molecule has 2 aromatic rings. The van der Waals surface area contributed by atoms with Crippen molar-refractivity contribution in [2.24, 2.45) is 11.3 Å². The van der Waals surface area contributed by atoms with Crippen molar-refractivity contribution in [3.8, 4) is 17.3 Å². The molecule has 4 rings (SSSR count). The van der Waals surface area contributed by atoms with E-state index in [1.54, 1.807) is 0 Å². The van der Waals surface area contributed by atoms with Gasteiger partial charge in [-0.15, -0.1) is 0 Å². The summed E-state index contributed by atoms with van der Waals surface area (Å²) in [5.74, 6) is 0.0598. The summed E-state index contributed by atoms with van der Waals surface area (Å²) in [6, 6.07) is 4.43. The minimum atomic E-state index is -0.833.